The van der Waals surface area contributed by atoms with Crippen LogP contribution in [0, 0.1) is 6.92 Å². The molecule has 38 heavy (non-hydrogen) atoms. The average molecular weight is 555 g/mol. The third kappa shape index (κ3) is 13.6. The molecule has 1 aromatic rings. The lowest BCUT2D eigenvalue weighted by molar-refractivity contribution is -0.903. The zero-order valence-corrected chi connectivity index (χ0v) is 25.8. The van der Waals surface area contributed by atoms with Gasteiger partial charge in [0.2, 0.25) is 0 Å². The Balaban J connectivity index is 0.00000722. The average Bonchev–Trinajstić information content (AvgIpc) is 2.87. The minimum Gasteiger partial charge on any atom is -1.00 e. The first-order chi connectivity index (χ1) is 17.9. The van der Waals surface area contributed by atoms with E-state index in [0.717, 1.165) is 66.7 Å². The molecule has 0 bridgehead atoms. The molecule has 220 valence electrons. The molecular weight excluding hydrogens is 500 g/mol. The van der Waals surface area contributed by atoms with E-state index in [4.69, 9.17) is 14.2 Å². The number of quaternary nitrogens is 1. The molecule has 0 saturated heterocycles. The summed E-state index contributed by atoms with van der Waals surface area (Å²) in [6, 6.07) is 0. The van der Waals surface area contributed by atoms with Crippen molar-refractivity contribution in [2.45, 2.75) is 137 Å². The van der Waals surface area contributed by atoms with Crippen molar-refractivity contribution >= 4 is 5.97 Å². The summed E-state index contributed by atoms with van der Waals surface area (Å²) in [5, 5.41) is 0. The summed E-state index contributed by atoms with van der Waals surface area (Å²) in [6.07, 6.45) is 19.3. The van der Waals surface area contributed by atoms with E-state index < -0.39 is 0 Å². The maximum absolute atomic E-state index is 12.1. The van der Waals surface area contributed by atoms with Crippen LogP contribution in [0.25, 0.3) is 0 Å². The number of halogens is 1. The highest BCUT2D eigenvalue weighted by Crippen LogP contribution is 2.33. The topological polar surface area (TPSA) is 57.7 Å². The molecule has 0 N–H and O–H groups in total. The smallest absolute Gasteiger partial charge is 0.305 e. The quantitative estimate of drug-likeness (QED) is 0.133. The van der Waals surface area contributed by atoms with Crippen LogP contribution in [0.3, 0.4) is 0 Å². The number of carbonyl (C=O) groups excluding carboxylic acids is 1. The van der Waals surface area contributed by atoms with Gasteiger partial charge in [0.05, 0.1) is 39.5 Å². The van der Waals surface area contributed by atoms with Gasteiger partial charge in [-0.3, -0.25) is 9.78 Å². The summed E-state index contributed by atoms with van der Waals surface area (Å²) in [5.41, 5.74) is 3.23. The second-order valence-corrected chi connectivity index (χ2v) is 11.5. The number of rotatable bonds is 20. The Labute approximate surface area is 239 Å². The van der Waals surface area contributed by atoms with Crippen LogP contribution in [-0.4, -0.2) is 49.0 Å². The van der Waals surface area contributed by atoms with Crippen molar-refractivity contribution in [2.24, 2.45) is 0 Å². The van der Waals surface area contributed by atoms with E-state index in [9.17, 15) is 4.79 Å². The van der Waals surface area contributed by atoms with Crippen molar-refractivity contribution in [3.8, 4) is 5.75 Å². The monoisotopic (exact) mass is 554 g/mol. The molecule has 0 radical (unpaired) electrons. The Morgan fingerprint density at radius 3 is 2.24 bits per heavy atom. The highest BCUT2D eigenvalue weighted by molar-refractivity contribution is 5.69. The van der Waals surface area contributed by atoms with Gasteiger partial charge in [-0.25, -0.2) is 0 Å². The van der Waals surface area contributed by atoms with Crippen LogP contribution >= 0.6 is 0 Å². The molecule has 2 rings (SSSR count). The molecule has 1 aromatic heterocycles. The molecule has 1 atom stereocenters. The maximum Gasteiger partial charge on any atom is 0.305 e. The van der Waals surface area contributed by atoms with E-state index >= 15 is 0 Å². The van der Waals surface area contributed by atoms with Crippen molar-refractivity contribution in [3.63, 3.8) is 0 Å². The highest BCUT2D eigenvalue weighted by Gasteiger charge is 2.27. The lowest BCUT2D eigenvalue weighted by Crippen LogP contribution is -3.00. The number of aromatic nitrogens is 1. The van der Waals surface area contributed by atoms with Crippen LogP contribution in [0.15, 0.2) is 6.20 Å². The molecule has 0 amide bonds. The van der Waals surface area contributed by atoms with Gasteiger partial charge in [-0.2, -0.15) is 0 Å². The van der Waals surface area contributed by atoms with Crippen molar-refractivity contribution in [3.05, 3.63) is 23.0 Å². The third-order valence-corrected chi connectivity index (χ3v) is 7.35. The predicted octanol–water partition coefficient (Wildman–Crippen LogP) is 4.64. The number of pyridine rings is 1. The van der Waals surface area contributed by atoms with Crippen molar-refractivity contribution in [1.29, 1.82) is 0 Å². The van der Waals surface area contributed by atoms with Crippen molar-refractivity contribution in [2.75, 3.05) is 27.2 Å². The van der Waals surface area contributed by atoms with E-state index in [0.29, 0.717) is 19.6 Å². The van der Waals surface area contributed by atoms with Gasteiger partial charge in [-0.1, -0.05) is 84.5 Å². The Kier molecular flexibility index (Phi) is 17.9. The Hall–Kier alpha value is -1.37. The summed E-state index contributed by atoms with van der Waals surface area (Å²) in [4.78, 5) is 16.7. The first-order valence-corrected chi connectivity index (χ1v) is 15.1. The van der Waals surface area contributed by atoms with Gasteiger partial charge >= 0.3 is 5.97 Å². The Morgan fingerprint density at radius 2 is 1.61 bits per heavy atom. The van der Waals surface area contributed by atoms with E-state index in [1.165, 1.54) is 63.4 Å². The molecule has 0 spiro atoms. The number of ether oxygens (including phenoxy) is 3. The lowest BCUT2D eigenvalue weighted by Gasteiger charge is -2.33. The SMILES string of the molecule is CCCCCCCCCCCCCC(=O)OCCC[N+](C)(C)Cc1cnc(C)c2c1COC(CCC)O2.[Cl-]. The number of aryl methyl sites for hydroxylation is 1. The number of esters is 1. The summed E-state index contributed by atoms with van der Waals surface area (Å²) < 4.78 is 18.4. The number of unbranched alkanes of at least 4 members (excludes halogenated alkanes) is 10. The van der Waals surface area contributed by atoms with Gasteiger partial charge in [0.25, 0.3) is 0 Å². The fourth-order valence-electron chi connectivity index (χ4n) is 5.07. The van der Waals surface area contributed by atoms with Crippen molar-refractivity contribution < 1.29 is 35.9 Å². The molecular formula is C31H55ClN2O4. The first-order valence-electron chi connectivity index (χ1n) is 15.1. The summed E-state index contributed by atoms with van der Waals surface area (Å²) in [5.74, 6) is 0.854. The minimum atomic E-state index is -0.171. The van der Waals surface area contributed by atoms with Crippen molar-refractivity contribution in [1.82, 2.24) is 4.98 Å². The summed E-state index contributed by atoms with van der Waals surface area (Å²) in [6.45, 7) is 9.24. The number of carbonyl (C=O) groups is 1. The van der Waals surface area contributed by atoms with Gasteiger partial charge in [0.1, 0.15) is 12.3 Å². The minimum absolute atomic E-state index is 0. The number of hydrogen-bond donors (Lipinski definition) is 0. The third-order valence-electron chi connectivity index (χ3n) is 7.35. The fourth-order valence-corrected chi connectivity index (χ4v) is 5.07. The number of nitrogens with zero attached hydrogens (tertiary/aromatic N) is 2. The molecule has 2 heterocycles. The zero-order valence-electron chi connectivity index (χ0n) is 25.0. The van der Waals surface area contributed by atoms with E-state index in [-0.39, 0.29) is 24.7 Å². The maximum atomic E-state index is 12.1. The zero-order chi connectivity index (χ0) is 26.9. The van der Waals surface area contributed by atoms with Crippen LogP contribution in [0.1, 0.15) is 127 Å². The lowest BCUT2D eigenvalue weighted by atomic mass is 10.1. The predicted molar refractivity (Wildman–Crippen MR) is 150 cm³/mol. The number of fused-ring (bicyclic) bond motifs is 1. The van der Waals surface area contributed by atoms with E-state index in [1.807, 2.05) is 13.1 Å². The van der Waals surface area contributed by atoms with Crippen LogP contribution in [0.5, 0.6) is 5.75 Å². The molecule has 7 heteroatoms. The van der Waals surface area contributed by atoms with Gasteiger partial charge in [-0.05, 0) is 13.3 Å². The fraction of sp³-hybridized carbons (Fsp3) is 0.806. The first kappa shape index (κ1) is 34.7. The normalized spacial score (nSPS) is 14.9. The molecule has 6 nitrogen and oxygen atoms in total. The molecule has 0 aromatic carbocycles. The number of hydrogen-bond acceptors (Lipinski definition) is 5. The molecule has 0 saturated carbocycles. The van der Waals surface area contributed by atoms with Crippen LogP contribution in [-0.2, 0) is 27.4 Å². The van der Waals surface area contributed by atoms with Gasteiger partial charge in [0.15, 0.2) is 6.29 Å². The van der Waals surface area contributed by atoms with Gasteiger partial charge in [0, 0.05) is 36.6 Å². The van der Waals surface area contributed by atoms with Gasteiger partial charge in [-0.15, -0.1) is 0 Å². The second-order valence-electron chi connectivity index (χ2n) is 11.5. The van der Waals surface area contributed by atoms with Gasteiger partial charge < -0.3 is 31.1 Å². The molecule has 0 fully saturated rings. The van der Waals surface area contributed by atoms with Crippen LogP contribution in [0.4, 0.5) is 0 Å². The molecule has 1 unspecified atom stereocenters. The molecule has 0 aliphatic carbocycles. The van der Waals surface area contributed by atoms with Crippen LogP contribution in [0.2, 0.25) is 0 Å². The molecule has 1 aliphatic heterocycles. The largest absolute Gasteiger partial charge is 1.00 e. The summed E-state index contributed by atoms with van der Waals surface area (Å²) >= 11 is 0. The highest BCUT2D eigenvalue weighted by atomic mass is 35.5. The second kappa shape index (κ2) is 19.7. The summed E-state index contributed by atoms with van der Waals surface area (Å²) in [7, 11) is 4.42. The molecule has 1 aliphatic rings. The van der Waals surface area contributed by atoms with E-state index in [2.05, 4.69) is 32.9 Å². The van der Waals surface area contributed by atoms with E-state index in [1.54, 1.807) is 0 Å². The standard InChI is InChI=1S/C31H55N2O4.ClH/c1-6-8-9-10-11-12-13-14-15-16-17-20-29(34)35-22-18-21-33(4,5)24-27-23-32-26(3)31-28(27)25-36-30(37-31)19-7-2;/h23,30H,6-22,24-25H2,1-5H3;1H/q+1;/p-1. The Morgan fingerprint density at radius 1 is 0.974 bits per heavy atom. The Bertz CT molecular complexity index is 787. The van der Waals surface area contributed by atoms with Crippen LogP contribution < -0.4 is 17.1 Å².